The van der Waals surface area contributed by atoms with Gasteiger partial charge in [-0.2, -0.15) is 0 Å². The number of thiazole rings is 1. The molecule has 0 saturated carbocycles. The quantitative estimate of drug-likeness (QED) is 0.498. The predicted molar refractivity (Wildman–Crippen MR) is 101 cm³/mol. The summed E-state index contributed by atoms with van der Waals surface area (Å²) in [7, 11) is 0. The van der Waals surface area contributed by atoms with E-state index in [0.717, 1.165) is 14.6 Å². The summed E-state index contributed by atoms with van der Waals surface area (Å²) in [5.74, 6) is -0.444. The number of rotatable bonds is 6. The van der Waals surface area contributed by atoms with Gasteiger partial charge >= 0.3 is 0 Å². The number of ether oxygens (including phenoxy) is 1. The SMILES string of the molecule is CCOc1ncccc1C(=O)NNC(=O)CSc1nc2ccccc2s1. The Hall–Kier alpha value is -2.65. The van der Waals surface area contributed by atoms with E-state index in [1.54, 1.807) is 19.1 Å². The average molecular weight is 388 g/mol. The van der Waals surface area contributed by atoms with Crippen LogP contribution in [0.3, 0.4) is 0 Å². The Morgan fingerprint density at radius 1 is 1.19 bits per heavy atom. The van der Waals surface area contributed by atoms with E-state index in [4.69, 9.17) is 4.74 Å². The maximum Gasteiger partial charge on any atom is 0.275 e. The second-order valence-corrected chi connectivity index (χ2v) is 7.28. The van der Waals surface area contributed by atoms with Crippen LogP contribution in [0.25, 0.3) is 10.2 Å². The number of benzene rings is 1. The molecule has 0 spiro atoms. The third kappa shape index (κ3) is 4.50. The first-order valence-corrected chi connectivity index (χ1v) is 9.63. The number of aromatic nitrogens is 2. The molecule has 2 aromatic heterocycles. The minimum atomic E-state index is -0.486. The molecule has 2 heterocycles. The summed E-state index contributed by atoms with van der Waals surface area (Å²) in [5.41, 5.74) is 5.93. The molecular formula is C17H16N4O3S2. The fraction of sp³-hybridized carbons (Fsp3) is 0.176. The Morgan fingerprint density at radius 3 is 2.85 bits per heavy atom. The molecule has 26 heavy (non-hydrogen) atoms. The lowest BCUT2D eigenvalue weighted by Crippen LogP contribution is -2.42. The highest BCUT2D eigenvalue weighted by Gasteiger charge is 2.14. The summed E-state index contributed by atoms with van der Waals surface area (Å²) < 4.78 is 7.18. The zero-order valence-electron chi connectivity index (χ0n) is 13.9. The molecule has 0 aliphatic carbocycles. The van der Waals surface area contributed by atoms with E-state index in [1.165, 1.54) is 29.3 Å². The lowest BCUT2D eigenvalue weighted by molar-refractivity contribution is -0.119. The summed E-state index contributed by atoms with van der Waals surface area (Å²) in [6, 6.07) is 11.0. The van der Waals surface area contributed by atoms with E-state index in [9.17, 15) is 9.59 Å². The molecule has 0 radical (unpaired) electrons. The third-order valence-corrected chi connectivity index (χ3v) is 5.39. The lowest BCUT2D eigenvalue weighted by Gasteiger charge is -2.09. The smallest absolute Gasteiger partial charge is 0.275 e. The summed E-state index contributed by atoms with van der Waals surface area (Å²) in [5, 5.41) is 0. The van der Waals surface area contributed by atoms with Gasteiger partial charge in [0.25, 0.3) is 5.91 Å². The van der Waals surface area contributed by atoms with Crippen LogP contribution in [-0.4, -0.2) is 34.1 Å². The van der Waals surface area contributed by atoms with Crippen molar-refractivity contribution in [3.8, 4) is 5.88 Å². The maximum atomic E-state index is 12.2. The van der Waals surface area contributed by atoms with Crippen molar-refractivity contribution in [2.75, 3.05) is 12.4 Å². The van der Waals surface area contributed by atoms with E-state index >= 15 is 0 Å². The van der Waals surface area contributed by atoms with Crippen LogP contribution >= 0.6 is 23.1 Å². The van der Waals surface area contributed by atoms with Crippen LogP contribution < -0.4 is 15.6 Å². The number of nitrogens with one attached hydrogen (secondary N) is 2. The number of pyridine rings is 1. The summed E-state index contributed by atoms with van der Waals surface area (Å²) in [6.45, 7) is 2.19. The Labute approximate surface area is 158 Å². The Balaban J connectivity index is 1.51. The van der Waals surface area contributed by atoms with Gasteiger partial charge in [-0.15, -0.1) is 11.3 Å². The minimum Gasteiger partial charge on any atom is -0.477 e. The Kier molecular flexibility index (Phi) is 6.03. The van der Waals surface area contributed by atoms with Crippen molar-refractivity contribution < 1.29 is 14.3 Å². The molecule has 7 nitrogen and oxygen atoms in total. The predicted octanol–water partition coefficient (Wildman–Crippen LogP) is 2.64. The first-order valence-electron chi connectivity index (χ1n) is 7.82. The fourth-order valence-electron chi connectivity index (χ4n) is 2.09. The van der Waals surface area contributed by atoms with Crippen LogP contribution in [0.1, 0.15) is 17.3 Å². The molecule has 0 fully saturated rings. The topological polar surface area (TPSA) is 93.2 Å². The number of carbonyl (C=O) groups excluding carboxylic acids is 2. The van der Waals surface area contributed by atoms with E-state index in [2.05, 4.69) is 20.8 Å². The zero-order chi connectivity index (χ0) is 18.4. The highest BCUT2D eigenvalue weighted by molar-refractivity contribution is 8.01. The number of fused-ring (bicyclic) bond motifs is 1. The summed E-state index contributed by atoms with van der Waals surface area (Å²) in [4.78, 5) is 32.6. The monoisotopic (exact) mass is 388 g/mol. The van der Waals surface area contributed by atoms with Crippen molar-refractivity contribution in [2.45, 2.75) is 11.3 Å². The highest BCUT2D eigenvalue weighted by atomic mass is 32.2. The molecule has 3 aromatic rings. The lowest BCUT2D eigenvalue weighted by atomic mass is 10.2. The molecule has 0 bridgehead atoms. The second-order valence-electron chi connectivity index (χ2n) is 5.03. The van der Waals surface area contributed by atoms with Gasteiger partial charge in [0.1, 0.15) is 5.56 Å². The van der Waals surface area contributed by atoms with Crippen molar-refractivity contribution in [1.82, 2.24) is 20.8 Å². The number of amides is 2. The number of hydrogen-bond donors (Lipinski definition) is 2. The number of nitrogens with zero attached hydrogens (tertiary/aromatic N) is 2. The molecule has 0 aliphatic heterocycles. The molecule has 1 aromatic carbocycles. The van der Waals surface area contributed by atoms with Crippen LogP contribution in [0.4, 0.5) is 0 Å². The number of hydrazine groups is 1. The molecule has 9 heteroatoms. The maximum absolute atomic E-state index is 12.2. The molecule has 0 aliphatic rings. The van der Waals surface area contributed by atoms with Gasteiger partial charge in [-0.3, -0.25) is 20.4 Å². The van der Waals surface area contributed by atoms with Crippen LogP contribution in [0, 0.1) is 0 Å². The van der Waals surface area contributed by atoms with Gasteiger partial charge in [0.15, 0.2) is 4.34 Å². The standard InChI is InChI=1S/C17H16N4O3S2/c1-2-24-16-11(6-5-9-18-16)15(23)21-20-14(22)10-25-17-19-12-7-3-4-8-13(12)26-17/h3-9H,2,10H2,1H3,(H,20,22)(H,21,23). The van der Waals surface area contributed by atoms with Crippen LogP contribution in [0.15, 0.2) is 46.9 Å². The van der Waals surface area contributed by atoms with E-state index in [0.29, 0.717) is 6.61 Å². The first-order chi connectivity index (χ1) is 12.7. The minimum absolute atomic E-state index is 0.144. The second kappa shape index (κ2) is 8.63. The normalized spacial score (nSPS) is 10.5. The third-order valence-electron chi connectivity index (χ3n) is 3.21. The largest absolute Gasteiger partial charge is 0.477 e. The van der Waals surface area contributed by atoms with Crippen molar-refractivity contribution in [1.29, 1.82) is 0 Å². The van der Waals surface area contributed by atoms with Gasteiger partial charge in [0.2, 0.25) is 11.8 Å². The molecular weight excluding hydrogens is 372 g/mol. The van der Waals surface area contributed by atoms with Crippen molar-refractivity contribution >= 4 is 45.1 Å². The van der Waals surface area contributed by atoms with Gasteiger partial charge in [0.05, 0.1) is 22.6 Å². The zero-order valence-corrected chi connectivity index (χ0v) is 15.5. The molecule has 2 N–H and O–H groups in total. The van der Waals surface area contributed by atoms with Gasteiger partial charge in [-0.25, -0.2) is 9.97 Å². The van der Waals surface area contributed by atoms with E-state index in [1.807, 2.05) is 24.3 Å². The highest BCUT2D eigenvalue weighted by Crippen LogP contribution is 2.28. The summed E-state index contributed by atoms with van der Waals surface area (Å²) >= 11 is 2.85. The number of carbonyl (C=O) groups is 2. The fourth-order valence-corrected chi connectivity index (χ4v) is 3.95. The molecule has 0 unspecified atom stereocenters. The Bertz CT molecular complexity index is 896. The van der Waals surface area contributed by atoms with Gasteiger partial charge < -0.3 is 4.74 Å². The number of para-hydroxylation sites is 1. The van der Waals surface area contributed by atoms with E-state index in [-0.39, 0.29) is 23.1 Å². The van der Waals surface area contributed by atoms with Gasteiger partial charge in [0, 0.05) is 6.20 Å². The summed E-state index contributed by atoms with van der Waals surface area (Å²) in [6.07, 6.45) is 1.54. The number of thioether (sulfide) groups is 1. The van der Waals surface area contributed by atoms with Crippen molar-refractivity contribution in [3.05, 3.63) is 48.2 Å². The molecule has 134 valence electrons. The van der Waals surface area contributed by atoms with Crippen LogP contribution in [-0.2, 0) is 4.79 Å². The Morgan fingerprint density at radius 2 is 2.04 bits per heavy atom. The van der Waals surface area contributed by atoms with Crippen LogP contribution in [0.5, 0.6) is 5.88 Å². The van der Waals surface area contributed by atoms with Gasteiger partial charge in [-0.1, -0.05) is 23.9 Å². The van der Waals surface area contributed by atoms with Gasteiger partial charge in [-0.05, 0) is 31.2 Å². The van der Waals surface area contributed by atoms with Crippen molar-refractivity contribution in [2.24, 2.45) is 0 Å². The van der Waals surface area contributed by atoms with Crippen molar-refractivity contribution in [3.63, 3.8) is 0 Å². The molecule has 0 saturated heterocycles. The van der Waals surface area contributed by atoms with Crippen LogP contribution in [0.2, 0.25) is 0 Å². The van der Waals surface area contributed by atoms with E-state index < -0.39 is 5.91 Å². The molecule has 0 atom stereocenters. The average Bonchev–Trinajstić information content (AvgIpc) is 3.08. The molecule has 3 rings (SSSR count). The number of hydrogen-bond acceptors (Lipinski definition) is 7. The molecule has 2 amide bonds. The first kappa shape index (κ1) is 18.2.